The molecule has 0 bridgehead atoms. The zero-order valence-electron chi connectivity index (χ0n) is 19.8. The fraction of sp³-hybridized carbons (Fsp3) is 0.346. The summed E-state index contributed by atoms with van der Waals surface area (Å²) in [5.41, 5.74) is 3.48. The van der Waals surface area contributed by atoms with Crippen LogP contribution in [0, 0.1) is 5.92 Å². The molecule has 2 fully saturated rings. The van der Waals surface area contributed by atoms with Crippen molar-refractivity contribution in [2.45, 2.75) is 17.0 Å². The van der Waals surface area contributed by atoms with E-state index in [0.29, 0.717) is 36.3 Å². The molecule has 9 nitrogen and oxygen atoms in total. The van der Waals surface area contributed by atoms with Crippen molar-refractivity contribution in [1.82, 2.24) is 15.6 Å². The number of methoxy groups -OCH3 is 1. The maximum Gasteiger partial charge on any atom is 0.414 e. The highest BCUT2D eigenvalue weighted by molar-refractivity contribution is 8.00. The van der Waals surface area contributed by atoms with Gasteiger partial charge in [0.25, 0.3) is 0 Å². The molecule has 1 aromatic heterocycles. The van der Waals surface area contributed by atoms with Gasteiger partial charge in [-0.15, -0.1) is 11.8 Å². The van der Waals surface area contributed by atoms with Crippen LogP contribution in [0.25, 0.3) is 10.9 Å². The highest BCUT2D eigenvalue weighted by atomic mass is 32.2. The summed E-state index contributed by atoms with van der Waals surface area (Å²) in [7, 11) is 1.62. The summed E-state index contributed by atoms with van der Waals surface area (Å²) in [5, 5.41) is 11.0. The van der Waals surface area contributed by atoms with E-state index in [-0.39, 0.29) is 24.1 Å². The van der Waals surface area contributed by atoms with Crippen LogP contribution < -0.4 is 25.6 Å². The number of amides is 2. The van der Waals surface area contributed by atoms with E-state index in [0.717, 1.165) is 40.1 Å². The molecule has 2 aromatic carbocycles. The van der Waals surface area contributed by atoms with Gasteiger partial charge < -0.3 is 25.4 Å². The van der Waals surface area contributed by atoms with Crippen LogP contribution in [0.3, 0.4) is 0 Å². The van der Waals surface area contributed by atoms with Crippen LogP contribution >= 0.6 is 11.8 Å². The number of para-hydroxylation sites is 1. The quantitative estimate of drug-likeness (QED) is 0.450. The first-order valence-electron chi connectivity index (χ1n) is 12.0. The van der Waals surface area contributed by atoms with E-state index in [1.807, 2.05) is 30.3 Å². The number of pyridine rings is 1. The number of nitrogens with one attached hydrogen (secondary N) is 3. The largest absolute Gasteiger partial charge is 0.481 e. The summed E-state index contributed by atoms with van der Waals surface area (Å²) in [4.78, 5) is 31.9. The first kappa shape index (κ1) is 23.1. The van der Waals surface area contributed by atoms with Gasteiger partial charge in [0.1, 0.15) is 6.10 Å². The molecule has 2 amide bonds. The van der Waals surface area contributed by atoms with Crippen LogP contribution in [0.1, 0.15) is 11.6 Å². The minimum absolute atomic E-state index is 0.0344. The van der Waals surface area contributed by atoms with Crippen molar-refractivity contribution in [2.24, 2.45) is 5.92 Å². The van der Waals surface area contributed by atoms with Crippen LogP contribution in [0.2, 0.25) is 0 Å². The molecule has 36 heavy (non-hydrogen) atoms. The van der Waals surface area contributed by atoms with Crippen molar-refractivity contribution in [2.75, 3.05) is 49.3 Å². The molecule has 0 radical (unpaired) electrons. The zero-order valence-corrected chi connectivity index (χ0v) is 20.6. The van der Waals surface area contributed by atoms with E-state index in [4.69, 9.17) is 14.5 Å². The first-order valence-corrected chi connectivity index (χ1v) is 13.0. The summed E-state index contributed by atoms with van der Waals surface area (Å²) in [6, 6.07) is 15.8. The van der Waals surface area contributed by atoms with E-state index < -0.39 is 0 Å². The molecule has 3 aliphatic heterocycles. The lowest BCUT2D eigenvalue weighted by Gasteiger charge is -2.36. The molecule has 3 aliphatic rings. The Hall–Kier alpha value is -3.34. The standard InChI is InChI=1S/C26H27N5O4S/c1-34-23-8-5-15-3-2-4-19(25(15)30-23)24(16-10-27-11-16)28-12-18-13-31(26(33)35-18)17-6-7-21-20(9-17)29-22(32)14-36-21/h2-9,16,18,24,27-28H,10-14H2,1H3,(H,29,32). The Kier molecular flexibility index (Phi) is 6.16. The van der Waals surface area contributed by atoms with Crippen molar-refractivity contribution in [1.29, 1.82) is 0 Å². The minimum Gasteiger partial charge on any atom is -0.481 e. The van der Waals surface area contributed by atoms with Crippen LogP contribution in [0.5, 0.6) is 5.88 Å². The topological polar surface area (TPSA) is 105 Å². The lowest BCUT2D eigenvalue weighted by atomic mass is 9.87. The molecular formula is C26H27N5O4S. The van der Waals surface area contributed by atoms with Gasteiger partial charge in [0.05, 0.1) is 30.6 Å². The molecule has 6 rings (SSSR count). The number of cyclic esters (lactones) is 1. The van der Waals surface area contributed by atoms with E-state index >= 15 is 0 Å². The Morgan fingerprint density at radius 3 is 2.92 bits per heavy atom. The molecule has 2 saturated heterocycles. The van der Waals surface area contributed by atoms with E-state index in [9.17, 15) is 9.59 Å². The predicted octanol–water partition coefficient (Wildman–Crippen LogP) is 3.16. The average molecular weight is 506 g/mol. The second kappa shape index (κ2) is 9.61. The van der Waals surface area contributed by atoms with Crippen molar-refractivity contribution >= 4 is 46.0 Å². The number of aromatic nitrogens is 1. The SMILES string of the molecule is COc1ccc2cccc(C(NCC3CN(c4ccc5c(c4)NC(=O)CS5)C(=O)O3)C3CNC3)c2n1. The van der Waals surface area contributed by atoms with Gasteiger partial charge in [-0.1, -0.05) is 18.2 Å². The lowest BCUT2D eigenvalue weighted by molar-refractivity contribution is -0.113. The Morgan fingerprint density at radius 1 is 1.22 bits per heavy atom. The van der Waals surface area contributed by atoms with Gasteiger partial charge >= 0.3 is 6.09 Å². The second-order valence-corrected chi connectivity index (χ2v) is 10.2. The molecular weight excluding hydrogens is 478 g/mol. The Labute approximate surface area is 212 Å². The van der Waals surface area contributed by atoms with Crippen molar-refractivity contribution < 1.29 is 19.1 Å². The third kappa shape index (κ3) is 4.36. The monoisotopic (exact) mass is 505 g/mol. The third-order valence-corrected chi connectivity index (χ3v) is 7.98. The number of carbonyl (C=O) groups excluding carboxylic acids is 2. The minimum atomic E-state index is -0.380. The molecule has 186 valence electrons. The Bertz CT molecular complexity index is 1330. The maximum absolute atomic E-state index is 12.7. The molecule has 2 atom stereocenters. The second-order valence-electron chi connectivity index (χ2n) is 9.21. The summed E-state index contributed by atoms with van der Waals surface area (Å²) in [6.45, 7) is 2.77. The number of benzene rings is 2. The number of hydrogen-bond acceptors (Lipinski definition) is 8. The summed E-state index contributed by atoms with van der Waals surface area (Å²) < 4.78 is 11.1. The van der Waals surface area contributed by atoms with Gasteiger partial charge in [-0.25, -0.2) is 9.78 Å². The Morgan fingerprint density at radius 2 is 2.11 bits per heavy atom. The number of hydrogen-bond donors (Lipinski definition) is 3. The van der Waals surface area contributed by atoms with E-state index in [1.54, 1.807) is 12.0 Å². The number of rotatable bonds is 7. The molecule has 3 N–H and O–H groups in total. The number of fused-ring (bicyclic) bond motifs is 2. The highest BCUT2D eigenvalue weighted by Gasteiger charge is 2.35. The average Bonchev–Trinajstić information content (AvgIpc) is 3.24. The number of carbonyl (C=O) groups is 2. The zero-order chi connectivity index (χ0) is 24.6. The number of thioether (sulfide) groups is 1. The molecule has 3 aromatic rings. The van der Waals surface area contributed by atoms with Crippen LogP contribution in [-0.4, -0.2) is 62.1 Å². The smallest absolute Gasteiger partial charge is 0.414 e. The molecule has 0 saturated carbocycles. The predicted molar refractivity (Wildman–Crippen MR) is 139 cm³/mol. The van der Waals surface area contributed by atoms with Crippen LogP contribution in [0.4, 0.5) is 16.2 Å². The molecule has 10 heteroatoms. The molecule has 0 spiro atoms. The fourth-order valence-corrected chi connectivity index (χ4v) is 5.72. The molecule has 0 aliphatic carbocycles. The number of anilines is 2. The first-order chi connectivity index (χ1) is 17.6. The van der Waals surface area contributed by atoms with Crippen molar-refractivity contribution in [3.63, 3.8) is 0 Å². The Balaban J connectivity index is 1.19. The van der Waals surface area contributed by atoms with E-state index in [2.05, 4.69) is 34.1 Å². The number of ether oxygens (including phenoxy) is 2. The third-order valence-electron chi connectivity index (χ3n) is 6.90. The lowest BCUT2D eigenvalue weighted by Crippen LogP contribution is -2.50. The normalized spacial score (nSPS) is 20.5. The van der Waals surface area contributed by atoms with Crippen LogP contribution in [-0.2, 0) is 9.53 Å². The van der Waals surface area contributed by atoms with Crippen molar-refractivity contribution in [3.8, 4) is 5.88 Å². The van der Waals surface area contributed by atoms with Gasteiger partial charge in [-0.05, 0) is 29.8 Å². The van der Waals surface area contributed by atoms with Gasteiger partial charge in [0, 0.05) is 53.6 Å². The maximum atomic E-state index is 12.7. The van der Waals surface area contributed by atoms with Gasteiger partial charge in [-0.2, -0.15) is 0 Å². The van der Waals surface area contributed by atoms with Gasteiger partial charge in [-0.3, -0.25) is 9.69 Å². The van der Waals surface area contributed by atoms with Crippen molar-refractivity contribution in [3.05, 3.63) is 54.1 Å². The highest BCUT2D eigenvalue weighted by Crippen LogP contribution is 2.36. The summed E-state index contributed by atoms with van der Waals surface area (Å²) in [5.74, 6) is 1.36. The molecule has 4 heterocycles. The molecule has 2 unspecified atom stereocenters. The fourth-order valence-electron chi connectivity index (χ4n) is 4.93. The van der Waals surface area contributed by atoms with Crippen LogP contribution in [0.15, 0.2) is 53.4 Å². The van der Waals surface area contributed by atoms with E-state index in [1.165, 1.54) is 11.8 Å². The van der Waals surface area contributed by atoms with Gasteiger partial charge in [0.2, 0.25) is 11.8 Å². The summed E-state index contributed by atoms with van der Waals surface area (Å²) in [6.07, 6.45) is -0.680. The summed E-state index contributed by atoms with van der Waals surface area (Å²) >= 11 is 1.50. The van der Waals surface area contributed by atoms with Gasteiger partial charge in [0.15, 0.2) is 0 Å². The number of nitrogens with zero attached hydrogens (tertiary/aromatic N) is 2.